The van der Waals surface area contributed by atoms with Crippen molar-refractivity contribution in [2.75, 3.05) is 4.90 Å². The molecule has 0 radical (unpaired) electrons. The Hall–Kier alpha value is -6.90. The molecule has 0 N–H and O–H groups in total. The van der Waals surface area contributed by atoms with Gasteiger partial charge < -0.3 is 9.64 Å². The van der Waals surface area contributed by atoms with Crippen LogP contribution in [-0.2, 0) is 10.8 Å². The number of ether oxygens (including phenoxy) is 1. The zero-order valence-electron chi connectivity index (χ0n) is 31.3. The normalized spacial score (nSPS) is 16.4. The van der Waals surface area contributed by atoms with Crippen molar-refractivity contribution in [3.05, 3.63) is 221 Å². The topological polar surface area (TPSA) is 12.5 Å². The van der Waals surface area contributed by atoms with Gasteiger partial charge in [-0.05, 0) is 91.5 Å². The van der Waals surface area contributed by atoms with E-state index >= 15 is 0 Å². The molecule has 1 unspecified atom stereocenters. The van der Waals surface area contributed by atoms with E-state index in [1.54, 1.807) is 0 Å². The number of nitrogens with zero attached hydrogens (tertiary/aromatic N) is 1. The van der Waals surface area contributed by atoms with Crippen LogP contribution in [0.3, 0.4) is 0 Å². The molecule has 9 aromatic carbocycles. The van der Waals surface area contributed by atoms with E-state index in [9.17, 15) is 0 Å². The Labute approximate surface area is 326 Å². The molecule has 12 rings (SSSR count). The number of hydrogen-bond donors (Lipinski definition) is 0. The van der Waals surface area contributed by atoms with Gasteiger partial charge in [0.05, 0.1) is 11.1 Å². The number of benzene rings is 9. The molecule has 0 fully saturated rings. The van der Waals surface area contributed by atoms with E-state index in [2.05, 4.69) is 207 Å². The van der Waals surface area contributed by atoms with E-state index in [1.165, 1.54) is 71.8 Å². The van der Waals surface area contributed by atoms with Gasteiger partial charge in [-0.25, -0.2) is 0 Å². The lowest BCUT2D eigenvalue weighted by Crippen LogP contribution is -2.32. The zero-order valence-corrected chi connectivity index (χ0v) is 31.3. The Morgan fingerprint density at radius 2 is 1.04 bits per heavy atom. The van der Waals surface area contributed by atoms with Crippen molar-refractivity contribution >= 4 is 38.6 Å². The Morgan fingerprint density at radius 3 is 1.91 bits per heavy atom. The average molecular weight is 716 g/mol. The molecule has 9 aromatic rings. The van der Waals surface area contributed by atoms with Crippen molar-refractivity contribution in [3.8, 4) is 33.8 Å². The predicted octanol–water partition coefficient (Wildman–Crippen LogP) is 14.2. The van der Waals surface area contributed by atoms with Crippen molar-refractivity contribution in [2.45, 2.75) is 24.7 Å². The highest BCUT2D eigenvalue weighted by molar-refractivity contribution is 6.01. The molecule has 0 amide bonds. The maximum absolute atomic E-state index is 6.94. The van der Waals surface area contributed by atoms with Crippen LogP contribution in [-0.4, -0.2) is 0 Å². The van der Waals surface area contributed by atoms with Crippen molar-refractivity contribution in [3.63, 3.8) is 0 Å². The van der Waals surface area contributed by atoms with Gasteiger partial charge in [-0.3, -0.25) is 0 Å². The summed E-state index contributed by atoms with van der Waals surface area (Å²) in [5.74, 6) is 1.83. The Bertz CT molecular complexity index is 3120. The van der Waals surface area contributed by atoms with Gasteiger partial charge in [-0.1, -0.05) is 166 Å². The highest BCUT2D eigenvalue weighted by Gasteiger charge is 2.52. The van der Waals surface area contributed by atoms with Crippen molar-refractivity contribution in [1.82, 2.24) is 0 Å². The van der Waals surface area contributed by atoms with Crippen LogP contribution in [0.4, 0.5) is 17.1 Å². The van der Waals surface area contributed by atoms with Gasteiger partial charge in [0.2, 0.25) is 0 Å². The van der Waals surface area contributed by atoms with Crippen LogP contribution in [0.15, 0.2) is 188 Å². The van der Waals surface area contributed by atoms with Gasteiger partial charge >= 0.3 is 0 Å². The second kappa shape index (κ2) is 11.3. The minimum Gasteiger partial charge on any atom is -0.456 e. The molecule has 0 aromatic heterocycles. The molecular weight excluding hydrogens is 679 g/mol. The highest BCUT2D eigenvalue weighted by Crippen LogP contribution is 2.65. The van der Waals surface area contributed by atoms with Gasteiger partial charge in [0.15, 0.2) is 0 Å². The third-order valence-corrected chi connectivity index (χ3v) is 12.9. The number of para-hydroxylation sites is 1. The van der Waals surface area contributed by atoms with Crippen LogP contribution in [0, 0.1) is 0 Å². The monoisotopic (exact) mass is 715 g/mol. The molecule has 56 heavy (non-hydrogen) atoms. The van der Waals surface area contributed by atoms with E-state index in [-0.39, 0.29) is 5.41 Å². The summed E-state index contributed by atoms with van der Waals surface area (Å²) in [6.07, 6.45) is 0. The van der Waals surface area contributed by atoms with Gasteiger partial charge in [-0.2, -0.15) is 0 Å². The van der Waals surface area contributed by atoms with Crippen molar-refractivity contribution in [2.24, 2.45) is 0 Å². The molecular formula is C54H37NO. The standard InChI is InChI=1S/C54H37NO/c1-53(2)43-20-9-7-18-40(43)41-30-29-38(33-48(41)53)55(37-28-26-34-14-3-4-16-36(34)32-37)49-24-13-23-46-51(49)42-19-8-10-21-44(42)54(46)45-22-11-12-25-50(45)56-52-39-17-6-5-15-35(39)27-31-47(52)54/h3-33H,1-2H3. The molecule has 1 atom stereocenters. The maximum atomic E-state index is 6.94. The predicted molar refractivity (Wildman–Crippen MR) is 231 cm³/mol. The Balaban J connectivity index is 1.17. The smallest absolute Gasteiger partial charge is 0.140 e. The van der Waals surface area contributed by atoms with Gasteiger partial charge in [0, 0.05) is 38.9 Å². The van der Waals surface area contributed by atoms with Gasteiger partial charge in [-0.15, -0.1) is 0 Å². The molecule has 0 bridgehead atoms. The third-order valence-electron chi connectivity index (χ3n) is 12.9. The van der Waals surface area contributed by atoms with E-state index in [4.69, 9.17) is 4.74 Å². The summed E-state index contributed by atoms with van der Waals surface area (Å²) >= 11 is 0. The number of fused-ring (bicyclic) bond motifs is 15. The van der Waals surface area contributed by atoms with Crippen molar-refractivity contribution in [1.29, 1.82) is 0 Å². The molecule has 3 aliphatic rings. The first-order chi connectivity index (χ1) is 27.5. The van der Waals surface area contributed by atoms with Gasteiger partial charge in [0.1, 0.15) is 11.5 Å². The molecule has 1 heterocycles. The molecule has 2 aliphatic carbocycles. The van der Waals surface area contributed by atoms with E-state index < -0.39 is 5.41 Å². The van der Waals surface area contributed by atoms with Crippen LogP contribution < -0.4 is 9.64 Å². The summed E-state index contributed by atoms with van der Waals surface area (Å²) in [4.78, 5) is 2.51. The van der Waals surface area contributed by atoms with E-state index in [0.29, 0.717) is 0 Å². The lowest BCUT2D eigenvalue weighted by Gasteiger charge is -2.40. The first-order valence-corrected chi connectivity index (χ1v) is 19.6. The maximum Gasteiger partial charge on any atom is 0.140 e. The quantitative estimate of drug-likeness (QED) is 0.181. The first kappa shape index (κ1) is 31.5. The molecule has 264 valence electrons. The van der Waals surface area contributed by atoms with Gasteiger partial charge in [0.25, 0.3) is 0 Å². The second-order valence-electron chi connectivity index (χ2n) is 16.0. The van der Waals surface area contributed by atoms with E-state index in [1.807, 2.05) is 0 Å². The second-order valence-corrected chi connectivity index (χ2v) is 16.0. The molecule has 2 nitrogen and oxygen atoms in total. The average Bonchev–Trinajstić information content (AvgIpc) is 3.67. The Morgan fingerprint density at radius 1 is 0.411 bits per heavy atom. The summed E-state index contributed by atoms with van der Waals surface area (Å²) in [5.41, 5.74) is 15.5. The minimum atomic E-state index is -0.591. The summed E-state index contributed by atoms with van der Waals surface area (Å²) in [6, 6.07) is 69.5. The summed E-state index contributed by atoms with van der Waals surface area (Å²) < 4.78 is 6.94. The van der Waals surface area contributed by atoms with Crippen LogP contribution in [0.1, 0.15) is 47.2 Å². The lowest BCUT2D eigenvalue weighted by molar-refractivity contribution is 0.441. The highest BCUT2D eigenvalue weighted by atomic mass is 16.5. The van der Waals surface area contributed by atoms with E-state index in [0.717, 1.165) is 33.9 Å². The van der Waals surface area contributed by atoms with Crippen LogP contribution >= 0.6 is 0 Å². The molecule has 2 heteroatoms. The molecule has 0 saturated heterocycles. The van der Waals surface area contributed by atoms with Crippen LogP contribution in [0.2, 0.25) is 0 Å². The molecule has 1 spiro atoms. The third kappa shape index (κ3) is 4.06. The fourth-order valence-electron chi connectivity index (χ4n) is 10.4. The number of hydrogen-bond acceptors (Lipinski definition) is 2. The summed E-state index contributed by atoms with van der Waals surface area (Å²) in [6.45, 7) is 4.73. The summed E-state index contributed by atoms with van der Waals surface area (Å²) in [7, 11) is 0. The number of rotatable bonds is 3. The SMILES string of the molecule is CC1(C)c2ccccc2-c2ccc(N(c3ccc4ccccc4c3)c3cccc4c3-c3ccccc3C43c4ccccc4Oc4c3ccc3ccccc43)cc21. The largest absolute Gasteiger partial charge is 0.456 e. The number of anilines is 3. The minimum absolute atomic E-state index is 0.134. The Kier molecular flexibility index (Phi) is 6.36. The van der Waals surface area contributed by atoms with Crippen LogP contribution in [0.5, 0.6) is 11.5 Å². The lowest BCUT2D eigenvalue weighted by atomic mass is 9.65. The first-order valence-electron chi connectivity index (χ1n) is 19.6. The summed E-state index contributed by atoms with van der Waals surface area (Å²) in [5, 5.41) is 4.74. The van der Waals surface area contributed by atoms with Crippen LogP contribution in [0.25, 0.3) is 43.8 Å². The van der Waals surface area contributed by atoms with Crippen molar-refractivity contribution < 1.29 is 4.74 Å². The molecule has 1 aliphatic heterocycles. The fraction of sp³-hybridized carbons (Fsp3) is 0.0741. The molecule has 0 saturated carbocycles. The zero-order chi connectivity index (χ0) is 37.2. The fourth-order valence-corrected chi connectivity index (χ4v) is 10.4.